The van der Waals surface area contributed by atoms with Crippen LogP contribution in [-0.2, 0) is 0 Å². The van der Waals surface area contributed by atoms with Crippen molar-refractivity contribution in [1.29, 1.82) is 0 Å². The van der Waals surface area contributed by atoms with E-state index in [0.29, 0.717) is 0 Å². The molecule has 0 amide bonds. The van der Waals surface area contributed by atoms with Crippen LogP contribution in [0, 0.1) is 12.7 Å². The average molecular weight is 401 g/mol. The molecule has 4 aromatic rings. The van der Waals surface area contributed by atoms with Crippen molar-refractivity contribution in [2.45, 2.75) is 6.92 Å². The van der Waals surface area contributed by atoms with Gasteiger partial charge in [0.15, 0.2) is 5.13 Å². The number of hydrogen-bond donors (Lipinski definition) is 0. The van der Waals surface area contributed by atoms with Crippen molar-refractivity contribution in [3.8, 4) is 11.3 Å². The Hall–Kier alpha value is -2.52. The number of nitrogens with zero attached hydrogens (tertiary/aromatic N) is 6. The van der Waals surface area contributed by atoms with Crippen LogP contribution in [0.2, 0.25) is 0 Å². The van der Waals surface area contributed by atoms with E-state index in [9.17, 15) is 4.39 Å². The van der Waals surface area contributed by atoms with Gasteiger partial charge >= 0.3 is 0 Å². The van der Waals surface area contributed by atoms with E-state index < -0.39 is 0 Å². The number of halogens is 1. The number of aromatic nitrogens is 4. The average Bonchev–Trinajstić information content (AvgIpc) is 3.37. The van der Waals surface area contributed by atoms with E-state index in [0.717, 1.165) is 58.4 Å². The number of anilines is 2. The highest BCUT2D eigenvalue weighted by Crippen LogP contribution is 2.28. The molecule has 0 N–H and O–H groups in total. The lowest BCUT2D eigenvalue weighted by atomic mass is 10.2. The molecule has 5 rings (SSSR count). The van der Waals surface area contributed by atoms with Gasteiger partial charge in [0.25, 0.3) is 0 Å². The first-order chi connectivity index (χ1) is 13.2. The molecular formula is C18H17FN6S2. The fourth-order valence-electron chi connectivity index (χ4n) is 3.15. The van der Waals surface area contributed by atoms with Crippen molar-refractivity contribution in [2.75, 3.05) is 36.0 Å². The van der Waals surface area contributed by atoms with Crippen LogP contribution < -0.4 is 9.80 Å². The molecule has 4 heterocycles. The minimum Gasteiger partial charge on any atom is -0.345 e. The van der Waals surface area contributed by atoms with Gasteiger partial charge in [0.05, 0.1) is 17.6 Å². The van der Waals surface area contributed by atoms with Gasteiger partial charge < -0.3 is 9.80 Å². The number of benzene rings is 1. The summed E-state index contributed by atoms with van der Waals surface area (Å²) in [6.07, 6.45) is 1.90. The molecular weight excluding hydrogens is 383 g/mol. The highest BCUT2D eigenvalue weighted by molar-refractivity contribution is 7.20. The van der Waals surface area contributed by atoms with Crippen LogP contribution in [0.3, 0.4) is 0 Å². The Morgan fingerprint density at radius 2 is 1.67 bits per heavy atom. The Labute approximate surface area is 163 Å². The SMILES string of the molecule is Cc1csc(N2CCN(c3nn4cc(-c5ccc(F)cc5)nc4s3)CC2)n1. The normalized spacial score (nSPS) is 15.0. The second-order valence-electron chi connectivity index (χ2n) is 6.49. The number of piperazine rings is 1. The summed E-state index contributed by atoms with van der Waals surface area (Å²) in [5.41, 5.74) is 2.78. The minimum atomic E-state index is -0.243. The molecule has 1 aromatic carbocycles. The quantitative estimate of drug-likeness (QED) is 0.525. The number of thiazole rings is 1. The van der Waals surface area contributed by atoms with Crippen LogP contribution in [0.25, 0.3) is 16.2 Å². The lowest BCUT2D eigenvalue weighted by Crippen LogP contribution is -2.46. The van der Waals surface area contributed by atoms with Crippen molar-refractivity contribution in [3.63, 3.8) is 0 Å². The summed E-state index contributed by atoms with van der Waals surface area (Å²) in [6, 6.07) is 6.38. The summed E-state index contributed by atoms with van der Waals surface area (Å²) in [6.45, 7) is 5.74. The predicted molar refractivity (Wildman–Crippen MR) is 108 cm³/mol. The predicted octanol–water partition coefficient (Wildman–Crippen LogP) is 3.69. The van der Waals surface area contributed by atoms with E-state index in [4.69, 9.17) is 5.10 Å². The maximum Gasteiger partial charge on any atom is 0.214 e. The summed E-state index contributed by atoms with van der Waals surface area (Å²) in [7, 11) is 0. The van der Waals surface area contributed by atoms with E-state index in [-0.39, 0.29) is 5.82 Å². The second-order valence-corrected chi connectivity index (χ2v) is 8.26. The van der Waals surface area contributed by atoms with Crippen LogP contribution in [0.4, 0.5) is 14.7 Å². The summed E-state index contributed by atoms with van der Waals surface area (Å²) in [5.74, 6) is -0.243. The van der Waals surface area contributed by atoms with Gasteiger partial charge in [-0.15, -0.1) is 16.4 Å². The zero-order valence-electron chi connectivity index (χ0n) is 14.7. The molecule has 1 saturated heterocycles. The zero-order valence-corrected chi connectivity index (χ0v) is 16.3. The smallest absolute Gasteiger partial charge is 0.214 e. The number of rotatable bonds is 3. The molecule has 0 aliphatic carbocycles. The Morgan fingerprint density at radius 3 is 2.30 bits per heavy atom. The second kappa shape index (κ2) is 6.58. The molecule has 138 valence electrons. The first-order valence-corrected chi connectivity index (χ1v) is 10.4. The van der Waals surface area contributed by atoms with E-state index >= 15 is 0 Å². The van der Waals surface area contributed by atoms with Gasteiger partial charge in [0, 0.05) is 37.1 Å². The molecule has 1 aliphatic rings. The third-order valence-electron chi connectivity index (χ3n) is 4.60. The van der Waals surface area contributed by atoms with E-state index in [2.05, 4.69) is 25.1 Å². The first-order valence-electron chi connectivity index (χ1n) is 8.70. The molecule has 27 heavy (non-hydrogen) atoms. The number of imidazole rings is 1. The van der Waals surface area contributed by atoms with Crippen LogP contribution in [0.5, 0.6) is 0 Å². The Morgan fingerprint density at radius 1 is 0.963 bits per heavy atom. The largest absolute Gasteiger partial charge is 0.345 e. The number of hydrogen-bond acceptors (Lipinski definition) is 7. The number of fused-ring (bicyclic) bond motifs is 1. The lowest BCUT2D eigenvalue weighted by Gasteiger charge is -2.34. The van der Waals surface area contributed by atoms with Gasteiger partial charge in [-0.05, 0) is 31.2 Å². The van der Waals surface area contributed by atoms with Gasteiger partial charge in [0.1, 0.15) is 5.82 Å². The van der Waals surface area contributed by atoms with Crippen LogP contribution >= 0.6 is 22.7 Å². The van der Waals surface area contributed by atoms with E-state index in [1.165, 1.54) is 12.1 Å². The number of aryl methyl sites for hydroxylation is 1. The zero-order chi connectivity index (χ0) is 18.4. The fourth-order valence-corrected chi connectivity index (χ4v) is 4.94. The van der Waals surface area contributed by atoms with Gasteiger partial charge in [-0.2, -0.15) is 0 Å². The molecule has 9 heteroatoms. The highest BCUT2D eigenvalue weighted by Gasteiger charge is 2.22. The molecule has 0 saturated carbocycles. The van der Waals surface area contributed by atoms with Gasteiger partial charge in [0.2, 0.25) is 10.1 Å². The molecule has 0 atom stereocenters. The standard InChI is InChI=1S/C18H17FN6S2/c1-12-11-26-16(20-12)23-6-8-24(9-7-23)18-22-25-10-15(21-17(25)27-18)13-2-4-14(19)5-3-13/h2-5,10-11H,6-9H2,1H3. The van der Waals surface area contributed by atoms with Crippen molar-refractivity contribution >= 4 is 37.9 Å². The molecule has 3 aromatic heterocycles. The van der Waals surface area contributed by atoms with Gasteiger partial charge in [-0.3, -0.25) is 0 Å². The highest BCUT2D eigenvalue weighted by atomic mass is 32.1. The van der Waals surface area contributed by atoms with Gasteiger partial charge in [-0.25, -0.2) is 18.9 Å². The topological polar surface area (TPSA) is 49.6 Å². The Kier molecular flexibility index (Phi) is 4.05. The van der Waals surface area contributed by atoms with E-state index in [1.807, 2.05) is 17.6 Å². The third-order valence-corrected chi connectivity index (χ3v) is 6.60. The molecule has 6 nitrogen and oxygen atoms in total. The molecule has 1 aliphatic heterocycles. The first kappa shape index (κ1) is 16.6. The van der Waals surface area contributed by atoms with Crippen molar-refractivity contribution in [1.82, 2.24) is 19.6 Å². The fraction of sp³-hybridized carbons (Fsp3) is 0.278. The van der Waals surface area contributed by atoms with Crippen molar-refractivity contribution in [2.24, 2.45) is 0 Å². The van der Waals surface area contributed by atoms with E-state index in [1.54, 1.807) is 34.8 Å². The monoisotopic (exact) mass is 400 g/mol. The maximum atomic E-state index is 13.1. The molecule has 1 fully saturated rings. The summed E-state index contributed by atoms with van der Waals surface area (Å²) >= 11 is 3.29. The molecule has 0 unspecified atom stereocenters. The Bertz CT molecular complexity index is 1040. The van der Waals surface area contributed by atoms with Crippen LogP contribution in [-0.4, -0.2) is 45.8 Å². The summed E-state index contributed by atoms with van der Waals surface area (Å²) < 4.78 is 14.9. The Balaban J connectivity index is 1.31. The third kappa shape index (κ3) is 3.17. The minimum absolute atomic E-state index is 0.243. The van der Waals surface area contributed by atoms with Crippen LogP contribution in [0.1, 0.15) is 5.69 Å². The molecule has 0 spiro atoms. The maximum absolute atomic E-state index is 13.1. The summed E-state index contributed by atoms with van der Waals surface area (Å²) in [5, 5.41) is 8.87. The summed E-state index contributed by atoms with van der Waals surface area (Å²) in [4.78, 5) is 14.7. The van der Waals surface area contributed by atoms with Crippen LogP contribution in [0.15, 0.2) is 35.8 Å². The van der Waals surface area contributed by atoms with Crippen molar-refractivity contribution in [3.05, 3.63) is 47.4 Å². The van der Waals surface area contributed by atoms with Gasteiger partial charge in [-0.1, -0.05) is 11.3 Å². The molecule has 0 radical (unpaired) electrons. The van der Waals surface area contributed by atoms with Crippen molar-refractivity contribution < 1.29 is 4.39 Å². The molecule has 0 bridgehead atoms. The lowest BCUT2D eigenvalue weighted by molar-refractivity contribution is 0.628.